The molecule has 1 aromatic rings. The Hall–Kier alpha value is -0.870. The first-order chi connectivity index (χ1) is 6.66. The van der Waals surface area contributed by atoms with Crippen molar-refractivity contribution in [2.45, 2.75) is 37.5 Å². The summed E-state index contributed by atoms with van der Waals surface area (Å²) in [5.74, 6) is 0. The summed E-state index contributed by atoms with van der Waals surface area (Å²) in [6.07, 6.45) is 0. The average Bonchev–Trinajstić information content (AvgIpc) is 2.00. The molecule has 2 N–H and O–H groups in total. The summed E-state index contributed by atoms with van der Waals surface area (Å²) in [4.78, 5) is -0.923. The highest BCUT2D eigenvalue weighted by molar-refractivity contribution is 7.92. The van der Waals surface area contributed by atoms with Crippen LogP contribution in [0.4, 0.5) is 0 Å². The molecule has 0 spiro atoms. The first-order valence-corrected chi connectivity index (χ1v) is 6.25. The Balaban J connectivity index is 3.42. The normalized spacial score (nSPS) is 12.9. The van der Waals surface area contributed by atoms with Gasteiger partial charge < -0.3 is 5.73 Å². The Kier molecular flexibility index (Phi) is 2.94. The van der Waals surface area contributed by atoms with Crippen LogP contribution in [-0.4, -0.2) is 13.3 Å². The Bertz CT molecular complexity index is 470. The zero-order chi connectivity index (χ0) is 11.9. The smallest absolute Gasteiger partial charge is 0.196 e. The standard InChI is InChI=1S/C11H17NO2S/c1-8-5-6-10(9(2)7-8)15(13,14)11(3,4)12/h5-7H,12H2,1-4H3. The van der Waals surface area contributed by atoms with Crippen LogP contribution in [0.1, 0.15) is 25.0 Å². The van der Waals surface area contributed by atoms with Gasteiger partial charge in [-0.15, -0.1) is 0 Å². The van der Waals surface area contributed by atoms with Crippen molar-refractivity contribution in [1.82, 2.24) is 0 Å². The maximum absolute atomic E-state index is 12.1. The molecule has 0 radical (unpaired) electrons. The first kappa shape index (κ1) is 12.2. The molecule has 3 nitrogen and oxygen atoms in total. The summed E-state index contributed by atoms with van der Waals surface area (Å²) in [7, 11) is -3.45. The molecule has 0 atom stereocenters. The van der Waals surface area contributed by atoms with Gasteiger partial charge in [-0.05, 0) is 39.3 Å². The number of hydrogen-bond acceptors (Lipinski definition) is 3. The second-order valence-electron chi connectivity index (χ2n) is 4.38. The number of nitrogens with two attached hydrogens (primary N) is 1. The number of aryl methyl sites for hydroxylation is 2. The zero-order valence-electron chi connectivity index (χ0n) is 9.53. The number of rotatable bonds is 2. The second kappa shape index (κ2) is 3.61. The SMILES string of the molecule is Cc1ccc(S(=O)(=O)C(C)(C)N)c(C)c1. The molecule has 0 aliphatic rings. The van der Waals surface area contributed by atoms with E-state index in [1.54, 1.807) is 19.1 Å². The summed E-state index contributed by atoms with van der Waals surface area (Å²) in [5.41, 5.74) is 7.45. The largest absolute Gasteiger partial charge is 0.313 e. The van der Waals surface area contributed by atoms with E-state index in [0.717, 1.165) is 11.1 Å². The molecule has 0 bridgehead atoms. The van der Waals surface area contributed by atoms with Crippen LogP contribution in [0.25, 0.3) is 0 Å². The lowest BCUT2D eigenvalue weighted by molar-refractivity contribution is 0.552. The molecule has 0 amide bonds. The van der Waals surface area contributed by atoms with Crippen LogP contribution in [0.2, 0.25) is 0 Å². The molecule has 15 heavy (non-hydrogen) atoms. The summed E-state index contributed by atoms with van der Waals surface area (Å²) in [5, 5.41) is 0. The number of sulfone groups is 1. The summed E-state index contributed by atoms with van der Waals surface area (Å²) < 4.78 is 24.1. The van der Waals surface area contributed by atoms with Crippen LogP contribution in [0.5, 0.6) is 0 Å². The molecule has 4 heteroatoms. The molecule has 84 valence electrons. The minimum absolute atomic E-state index is 0.320. The van der Waals surface area contributed by atoms with E-state index in [2.05, 4.69) is 0 Å². The van der Waals surface area contributed by atoms with E-state index in [0.29, 0.717) is 4.90 Å². The quantitative estimate of drug-likeness (QED) is 0.837. The lowest BCUT2D eigenvalue weighted by Gasteiger charge is -2.20. The van der Waals surface area contributed by atoms with Gasteiger partial charge in [-0.2, -0.15) is 0 Å². The van der Waals surface area contributed by atoms with Crippen LogP contribution in [0.3, 0.4) is 0 Å². The highest BCUT2D eigenvalue weighted by Crippen LogP contribution is 2.24. The molecule has 0 heterocycles. The third kappa shape index (κ3) is 2.21. The van der Waals surface area contributed by atoms with Crippen molar-refractivity contribution in [2.24, 2.45) is 5.73 Å². The van der Waals surface area contributed by atoms with Crippen molar-refractivity contribution in [3.8, 4) is 0 Å². The first-order valence-electron chi connectivity index (χ1n) is 4.77. The van der Waals surface area contributed by atoms with Crippen LogP contribution >= 0.6 is 0 Å². The van der Waals surface area contributed by atoms with Gasteiger partial charge in [-0.25, -0.2) is 8.42 Å². The van der Waals surface area contributed by atoms with Gasteiger partial charge in [0.1, 0.15) is 4.87 Å². The molecule has 0 fully saturated rings. The summed E-state index contributed by atoms with van der Waals surface area (Å²) >= 11 is 0. The highest BCUT2D eigenvalue weighted by atomic mass is 32.2. The van der Waals surface area contributed by atoms with Gasteiger partial charge >= 0.3 is 0 Å². The Labute approximate surface area is 91.2 Å². The molecule has 0 unspecified atom stereocenters. The molecule has 0 saturated carbocycles. The van der Waals surface area contributed by atoms with Crippen molar-refractivity contribution in [1.29, 1.82) is 0 Å². The number of benzene rings is 1. The van der Waals surface area contributed by atoms with Crippen LogP contribution in [0.15, 0.2) is 23.1 Å². The minimum atomic E-state index is -3.45. The van der Waals surface area contributed by atoms with Gasteiger partial charge in [0.15, 0.2) is 9.84 Å². The lowest BCUT2D eigenvalue weighted by atomic mass is 10.2. The molecular weight excluding hydrogens is 210 g/mol. The lowest BCUT2D eigenvalue weighted by Crippen LogP contribution is -2.41. The third-order valence-electron chi connectivity index (χ3n) is 2.31. The Morgan fingerprint density at radius 2 is 1.73 bits per heavy atom. The Morgan fingerprint density at radius 3 is 2.13 bits per heavy atom. The molecule has 0 aromatic heterocycles. The highest BCUT2D eigenvalue weighted by Gasteiger charge is 2.32. The average molecular weight is 227 g/mol. The topological polar surface area (TPSA) is 60.2 Å². The molecule has 1 rings (SSSR count). The predicted molar refractivity (Wildman–Crippen MR) is 61.4 cm³/mol. The number of hydrogen-bond donors (Lipinski definition) is 1. The van der Waals surface area contributed by atoms with E-state index in [1.165, 1.54) is 13.8 Å². The second-order valence-corrected chi connectivity index (χ2v) is 6.87. The zero-order valence-corrected chi connectivity index (χ0v) is 10.4. The van der Waals surface area contributed by atoms with Gasteiger partial charge in [0.05, 0.1) is 4.90 Å². The third-order valence-corrected chi connectivity index (χ3v) is 4.73. The van der Waals surface area contributed by atoms with Crippen molar-refractivity contribution in [3.05, 3.63) is 29.3 Å². The van der Waals surface area contributed by atoms with E-state index in [9.17, 15) is 8.42 Å². The van der Waals surface area contributed by atoms with E-state index >= 15 is 0 Å². The van der Waals surface area contributed by atoms with Crippen molar-refractivity contribution < 1.29 is 8.42 Å². The van der Waals surface area contributed by atoms with E-state index in [4.69, 9.17) is 5.73 Å². The van der Waals surface area contributed by atoms with Gasteiger partial charge in [-0.1, -0.05) is 17.7 Å². The van der Waals surface area contributed by atoms with Gasteiger partial charge in [0.2, 0.25) is 0 Å². The Morgan fingerprint density at radius 1 is 1.20 bits per heavy atom. The molecule has 0 saturated heterocycles. The molecule has 0 aliphatic carbocycles. The maximum atomic E-state index is 12.1. The van der Waals surface area contributed by atoms with Crippen molar-refractivity contribution in [2.75, 3.05) is 0 Å². The summed E-state index contributed by atoms with van der Waals surface area (Å²) in [6.45, 7) is 6.71. The van der Waals surface area contributed by atoms with Crippen molar-refractivity contribution >= 4 is 9.84 Å². The van der Waals surface area contributed by atoms with Crippen LogP contribution < -0.4 is 5.73 Å². The van der Waals surface area contributed by atoms with E-state index in [1.807, 2.05) is 13.0 Å². The molecular formula is C11H17NO2S. The monoisotopic (exact) mass is 227 g/mol. The van der Waals surface area contributed by atoms with Crippen LogP contribution in [-0.2, 0) is 9.84 Å². The summed E-state index contributed by atoms with van der Waals surface area (Å²) in [6, 6.07) is 5.25. The van der Waals surface area contributed by atoms with Gasteiger partial charge in [0.25, 0.3) is 0 Å². The fourth-order valence-electron chi connectivity index (χ4n) is 1.38. The van der Waals surface area contributed by atoms with Gasteiger partial charge in [-0.3, -0.25) is 0 Å². The fourth-order valence-corrected chi connectivity index (χ4v) is 2.68. The van der Waals surface area contributed by atoms with Crippen LogP contribution in [0, 0.1) is 13.8 Å². The van der Waals surface area contributed by atoms with E-state index in [-0.39, 0.29) is 0 Å². The maximum Gasteiger partial charge on any atom is 0.196 e. The van der Waals surface area contributed by atoms with Crippen molar-refractivity contribution in [3.63, 3.8) is 0 Å². The minimum Gasteiger partial charge on any atom is -0.313 e. The fraction of sp³-hybridized carbons (Fsp3) is 0.455. The molecule has 1 aromatic carbocycles. The molecule has 0 aliphatic heterocycles. The van der Waals surface area contributed by atoms with Gasteiger partial charge in [0, 0.05) is 0 Å². The predicted octanol–water partition coefficient (Wildman–Crippen LogP) is 1.77. The van der Waals surface area contributed by atoms with E-state index < -0.39 is 14.7 Å².